The van der Waals surface area contributed by atoms with Crippen molar-refractivity contribution in [3.05, 3.63) is 6.07 Å². The lowest BCUT2D eigenvalue weighted by atomic mass is 10.4. The van der Waals surface area contributed by atoms with Crippen LogP contribution in [0.3, 0.4) is 0 Å². The summed E-state index contributed by atoms with van der Waals surface area (Å²) in [4.78, 5) is 7.32. The summed E-state index contributed by atoms with van der Waals surface area (Å²) >= 11 is 0. The Labute approximate surface area is 107 Å². The molecule has 0 amide bonds. The largest absolute Gasteiger partial charge is 0.471 e. The fourth-order valence-electron chi connectivity index (χ4n) is 1.09. The van der Waals surface area contributed by atoms with Crippen molar-refractivity contribution in [2.24, 2.45) is 0 Å². The quantitative estimate of drug-likeness (QED) is 0.750. The van der Waals surface area contributed by atoms with Crippen LogP contribution in [0.4, 0.5) is 29.3 Å². The smallest absolute Gasteiger partial charge is 0.340 e. The van der Waals surface area contributed by atoms with Gasteiger partial charge in [0.15, 0.2) is 6.61 Å². The van der Waals surface area contributed by atoms with Crippen LogP contribution in [0.1, 0.15) is 13.3 Å². The predicted octanol–water partition coefficient (Wildman–Crippen LogP) is 2.16. The summed E-state index contributed by atoms with van der Waals surface area (Å²) in [6, 6.07) is 1.22. The monoisotopic (exact) mass is 282 g/mol. The lowest BCUT2D eigenvalue weighted by molar-refractivity contribution is -0.148. The molecule has 0 saturated heterocycles. The van der Waals surface area contributed by atoms with E-state index in [2.05, 4.69) is 20.0 Å². The van der Waals surface area contributed by atoms with Crippen LogP contribution in [0.15, 0.2) is 6.07 Å². The molecule has 0 aliphatic rings. The van der Waals surface area contributed by atoms with Crippen molar-refractivity contribution in [2.45, 2.75) is 25.7 Å². The maximum absolute atomic E-state index is 12.7. The first-order chi connectivity index (χ1) is 8.85. The normalized spacial score (nSPS) is 11.7. The summed E-state index contributed by atoms with van der Waals surface area (Å²) in [5.41, 5.74) is 5.35. The van der Waals surface area contributed by atoms with E-state index in [1.807, 2.05) is 6.92 Å². The van der Waals surface area contributed by atoms with E-state index in [1.165, 1.54) is 6.07 Å². The van der Waals surface area contributed by atoms with Crippen molar-refractivity contribution >= 4 is 11.8 Å². The van der Waals surface area contributed by atoms with Crippen molar-refractivity contribution in [3.63, 3.8) is 0 Å². The number of nitrogens with two attached hydrogens (primary N) is 1. The predicted molar refractivity (Wildman–Crippen MR) is 61.7 cm³/mol. The first-order valence-electron chi connectivity index (χ1n) is 5.52. The Bertz CT molecular complexity index is 417. The Morgan fingerprint density at radius 2 is 2.11 bits per heavy atom. The topological polar surface area (TPSA) is 73.1 Å². The third-order valence-corrected chi connectivity index (χ3v) is 2.01. The van der Waals surface area contributed by atoms with Gasteiger partial charge in [-0.05, 0) is 6.42 Å². The molecule has 108 valence electrons. The molecule has 0 unspecified atom stereocenters. The minimum absolute atomic E-state index is 0.198. The Balaban J connectivity index is 2.70. The average Bonchev–Trinajstić information content (AvgIpc) is 2.33. The highest BCUT2D eigenvalue weighted by Gasteiger charge is 2.41. The van der Waals surface area contributed by atoms with Crippen LogP contribution in [0, 0.1) is 0 Å². The zero-order valence-corrected chi connectivity index (χ0v) is 10.2. The number of nitrogens with zero attached hydrogens (tertiary/aromatic N) is 2. The zero-order chi connectivity index (χ0) is 14.5. The van der Waals surface area contributed by atoms with Crippen molar-refractivity contribution in [1.29, 1.82) is 0 Å². The third-order valence-electron chi connectivity index (χ3n) is 2.01. The number of nitrogen functional groups attached to an aromatic ring is 1. The van der Waals surface area contributed by atoms with E-state index >= 15 is 0 Å². The summed E-state index contributed by atoms with van der Waals surface area (Å²) in [7, 11) is 0. The van der Waals surface area contributed by atoms with E-state index in [-0.39, 0.29) is 17.6 Å². The molecule has 0 aromatic carbocycles. The average molecular weight is 282 g/mol. The maximum atomic E-state index is 12.7. The molecular weight excluding hydrogens is 268 g/mol. The summed E-state index contributed by atoms with van der Waals surface area (Å²) in [6.45, 7) is 1.02. The Morgan fingerprint density at radius 3 is 2.68 bits per heavy atom. The highest BCUT2D eigenvalue weighted by Crippen LogP contribution is 2.24. The number of anilines is 2. The van der Waals surface area contributed by atoms with E-state index in [0.29, 0.717) is 6.54 Å². The van der Waals surface area contributed by atoms with Crippen molar-refractivity contribution in [1.82, 2.24) is 9.97 Å². The standard InChI is InChI=1S/C10H14F4N4O/c1-2-3-16-6-4-7(18-9(15)17-6)19-5-10(13,14)8(11)12/h4,8H,2-3,5H2,1H3,(H3,15,16,17,18). The van der Waals surface area contributed by atoms with Crippen LogP contribution < -0.4 is 15.8 Å². The lowest BCUT2D eigenvalue weighted by Crippen LogP contribution is -2.34. The molecule has 0 spiro atoms. The van der Waals surface area contributed by atoms with Gasteiger partial charge in [-0.25, -0.2) is 8.78 Å². The maximum Gasteiger partial charge on any atom is 0.340 e. The van der Waals surface area contributed by atoms with Crippen LogP contribution in [0.25, 0.3) is 0 Å². The van der Waals surface area contributed by atoms with Crippen LogP contribution in [0.2, 0.25) is 0 Å². The molecule has 1 aromatic heterocycles. The summed E-state index contributed by atoms with van der Waals surface area (Å²) in [6.07, 6.45) is -2.99. The highest BCUT2D eigenvalue weighted by atomic mass is 19.3. The Kier molecular flexibility index (Phi) is 5.13. The van der Waals surface area contributed by atoms with Gasteiger partial charge in [-0.15, -0.1) is 0 Å². The molecule has 1 aromatic rings. The Hall–Kier alpha value is -1.80. The van der Waals surface area contributed by atoms with Crippen LogP contribution in [-0.2, 0) is 0 Å². The molecule has 3 N–H and O–H groups in total. The van der Waals surface area contributed by atoms with Gasteiger partial charge in [-0.2, -0.15) is 18.7 Å². The van der Waals surface area contributed by atoms with Crippen LogP contribution in [0.5, 0.6) is 5.88 Å². The zero-order valence-electron chi connectivity index (χ0n) is 10.2. The number of nitrogens with one attached hydrogen (secondary N) is 1. The number of hydrogen-bond acceptors (Lipinski definition) is 5. The molecular formula is C10H14F4N4O. The first kappa shape index (κ1) is 15.3. The molecule has 19 heavy (non-hydrogen) atoms. The van der Waals surface area contributed by atoms with Gasteiger partial charge in [0, 0.05) is 12.6 Å². The van der Waals surface area contributed by atoms with Gasteiger partial charge in [0.1, 0.15) is 5.82 Å². The van der Waals surface area contributed by atoms with E-state index in [0.717, 1.165) is 6.42 Å². The Morgan fingerprint density at radius 1 is 1.42 bits per heavy atom. The fourth-order valence-corrected chi connectivity index (χ4v) is 1.09. The lowest BCUT2D eigenvalue weighted by Gasteiger charge is -2.15. The van der Waals surface area contributed by atoms with E-state index < -0.39 is 19.0 Å². The molecule has 0 aliphatic heterocycles. The minimum atomic E-state index is -4.24. The molecule has 0 saturated carbocycles. The second kappa shape index (κ2) is 6.39. The minimum Gasteiger partial charge on any atom is -0.471 e. The summed E-state index contributed by atoms with van der Waals surface area (Å²) in [5.74, 6) is -4.44. The number of halogens is 4. The van der Waals surface area contributed by atoms with Crippen LogP contribution in [-0.4, -0.2) is 35.5 Å². The van der Waals surface area contributed by atoms with Gasteiger partial charge in [-0.1, -0.05) is 6.92 Å². The molecule has 0 fully saturated rings. The molecule has 0 bridgehead atoms. The van der Waals surface area contributed by atoms with E-state index in [4.69, 9.17) is 5.73 Å². The first-order valence-corrected chi connectivity index (χ1v) is 5.52. The van der Waals surface area contributed by atoms with E-state index in [1.54, 1.807) is 0 Å². The van der Waals surface area contributed by atoms with Gasteiger partial charge < -0.3 is 15.8 Å². The molecule has 9 heteroatoms. The number of alkyl halides is 4. The second-order valence-corrected chi connectivity index (χ2v) is 3.73. The highest BCUT2D eigenvalue weighted by molar-refractivity contribution is 5.42. The number of rotatable bonds is 7. The molecule has 5 nitrogen and oxygen atoms in total. The molecule has 0 radical (unpaired) electrons. The fraction of sp³-hybridized carbons (Fsp3) is 0.600. The summed E-state index contributed by atoms with van der Waals surface area (Å²) < 4.78 is 53.8. The third kappa shape index (κ3) is 4.76. The number of hydrogen-bond donors (Lipinski definition) is 2. The van der Waals surface area contributed by atoms with Gasteiger partial charge in [0.05, 0.1) is 0 Å². The van der Waals surface area contributed by atoms with Crippen molar-refractivity contribution in [3.8, 4) is 5.88 Å². The van der Waals surface area contributed by atoms with Crippen molar-refractivity contribution < 1.29 is 22.3 Å². The van der Waals surface area contributed by atoms with E-state index in [9.17, 15) is 17.6 Å². The molecule has 0 aliphatic carbocycles. The molecule has 1 rings (SSSR count). The van der Waals surface area contributed by atoms with Gasteiger partial charge in [0.2, 0.25) is 11.8 Å². The number of ether oxygens (including phenoxy) is 1. The molecule has 0 atom stereocenters. The van der Waals surface area contributed by atoms with Gasteiger partial charge in [0.25, 0.3) is 0 Å². The number of aromatic nitrogens is 2. The van der Waals surface area contributed by atoms with Gasteiger partial charge in [-0.3, -0.25) is 0 Å². The van der Waals surface area contributed by atoms with Gasteiger partial charge >= 0.3 is 12.3 Å². The van der Waals surface area contributed by atoms with Crippen LogP contribution >= 0.6 is 0 Å². The summed E-state index contributed by atoms with van der Waals surface area (Å²) in [5, 5.41) is 2.85. The second-order valence-electron chi connectivity index (χ2n) is 3.73. The van der Waals surface area contributed by atoms with Crippen molar-refractivity contribution in [2.75, 3.05) is 24.2 Å². The molecule has 1 heterocycles. The SMILES string of the molecule is CCCNc1cc(OCC(F)(F)C(F)F)nc(N)n1.